The summed E-state index contributed by atoms with van der Waals surface area (Å²) in [6.07, 6.45) is 2.79. The third kappa shape index (κ3) is 4.21. The van der Waals surface area contributed by atoms with Crippen molar-refractivity contribution in [1.82, 2.24) is 9.78 Å². The molecule has 1 aromatic carbocycles. The number of carbonyl (C=O) groups is 2. The first-order chi connectivity index (χ1) is 9.95. The molecule has 0 aliphatic carbocycles. The number of amides is 1. The number of aromatic nitrogens is 2. The molecule has 0 radical (unpaired) electrons. The molecule has 0 saturated carbocycles. The number of anilines is 1. The third-order valence-corrected chi connectivity index (χ3v) is 3.37. The number of rotatable bonds is 5. The van der Waals surface area contributed by atoms with Crippen molar-refractivity contribution >= 4 is 40.8 Å². The topological polar surface area (TPSA) is 84.2 Å². The minimum Gasteiger partial charge on any atom is -0.481 e. The molecular weight excluding hydrogens is 317 g/mol. The van der Waals surface area contributed by atoms with Gasteiger partial charge in [0.05, 0.1) is 34.8 Å². The zero-order chi connectivity index (χ0) is 15.4. The first kappa shape index (κ1) is 15.3. The smallest absolute Gasteiger partial charge is 0.305 e. The van der Waals surface area contributed by atoms with Crippen molar-refractivity contribution in [2.75, 3.05) is 5.32 Å². The van der Waals surface area contributed by atoms with Crippen molar-refractivity contribution in [3.05, 3.63) is 46.2 Å². The number of aryl methyl sites for hydroxylation is 1. The molecule has 8 heteroatoms. The van der Waals surface area contributed by atoms with Crippen LogP contribution in [0.1, 0.15) is 16.8 Å². The summed E-state index contributed by atoms with van der Waals surface area (Å²) in [5, 5.41) is 15.9. The second-order valence-corrected chi connectivity index (χ2v) is 5.03. The maximum Gasteiger partial charge on any atom is 0.305 e. The molecule has 0 aliphatic heterocycles. The summed E-state index contributed by atoms with van der Waals surface area (Å²) in [6.45, 7) is 0.204. The molecule has 2 rings (SSSR count). The lowest BCUT2D eigenvalue weighted by Gasteiger charge is -2.04. The average Bonchev–Trinajstić information content (AvgIpc) is 2.89. The van der Waals surface area contributed by atoms with Crippen LogP contribution in [0.5, 0.6) is 0 Å². The normalized spacial score (nSPS) is 10.4. The molecule has 0 fully saturated rings. The maximum atomic E-state index is 12.0. The third-order valence-electron chi connectivity index (χ3n) is 2.63. The van der Waals surface area contributed by atoms with E-state index in [0.29, 0.717) is 21.3 Å². The minimum atomic E-state index is -0.924. The Morgan fingerprint density at radius 3 is 2.71 bits per heavy atom. The monoisotopic (exact) mass is 327 g/mol. The number of nitrogens with zero attached hydrogens (tertiary/aromatic N) is 2. The fourth-order valence-electron chi connectivity index (χ4n) is 1.59. The number of nitrogens with one attached hydrogen (secondary N) is 1. The van der Waals surface area contributed by atoms with Gasteiger partial charge in [0.25, 0.3) is 5.91 Å². The van der Waals surface area contributed by atoms with Gasteiger partial charge >= 0.3 is 5.97 Å². The van der Waals surface area contributed by atoms with Crippen LogP contribution in [0.25, 0.3) is 0 Å². The van der Waals surface area contributed by atoms with Gasteiger partial charge in [-0.3, -0.25) is 14.3 Å². The van der Waals surface area contributed by atoms with E-state index in [9.17, 15) is 9.59 Å². The van der Waals surface area contributed by atoms with E-state index in [1.54, 1.807) is 12.1 Å². The first-order valence-corrected chi connectivity index (χ1v) is 6.72. The Morgan fingerprint density at radius 1 is 1.29 bits per heavy atom. The van der Waals surface area contributed by atoms with Crippen LogP contribution in [0.2, 0.25) is 10.0 Å². The van der Waals surface area contributed by atoms with Gasteiger partial charge in [0.15, 0.2) is 0 Å². The van der Waals surface area contributed by atoms with E-state index in [2.05, 4.69) is 10.4 Å². The number of aliphatic carboxylic acids is 1. The van der Waals surface area contributed by atoms with E-state index in [0.717, 1.165) is 0 Å². The molecule has 0 bridgehead atoms. The van der Waals surface area contributed by atoms with Crippen LogP contribution < -0.4 is 5.32 Å². The Balaban J connectivity index is 2.03. The van der Waals surface area contributed by atoms with Crippen LogP contribution >= 0.6 is 23.2 Å². The highest BCUT2D eigenvalue weighted by molar-refractivity contribution is 6.42. The average molecular weight is 328 g/mol. The SMILES string of the molecule is O=C(O)CCn1cc(C(=O)Nc2ccc(Cl)c(Cl)c2)cn1. The van der Waals surface area contributed by atoms with Gasteiger partial charge in [-0.15, -0.1) is 0 Å². The summed E-state index contributed by atoms with van der Waals surface area (Å²) >= 11 is 11.7. The van der Waals surface area contributed by atoms with Crippen molar-refractivity contribution in [2.45, 2.75) is 13.0 Å². The van der Waals surface area contributed by atoms with Crippen molar-refractivity contribution < 1.29 is 14.7 Å². The van der Waals surface area contributed by atoms with Gasteiger partial charge in [-0.25, -0.2) is 0 Å². The highest BCUT2D eigenvalue weighted by Crippen LogP contribution is 2.25. The zero-order valence-corrected chi connectivity index (χ0v) is 12.2. The highest BCUT2D eigenvalue weighted by Gasteiger charge is 2.10. The van der Waals surface area contributed by atoms with Crippen LogP contribution in [0.15, 0.2) is 30.6 Å². The van der Waals surface area contributed by atoms with Crippen molar-refractivity contribution in [3.63, 3.8) is 0 Å². The van der Waals surface area contributed by atoms with Crippen LogP contribution in [0.4, 0.5) is 5.69 Å². The summed E-state index contributed by atoms with van der Waals surface area (Å²) in [5.74, 6) is -1.29. The molecule has 1 amide bonds. The Hall–Kier alpha value is -2.05. The molecule has 0 atom stereocenters. The van der Waals surface area contributed by atoms with Crippen molar-refractivity contribution in [3.8, 4) is 0 Å². The summed E-state index contributed by atoms with van der Waals surface area (Å²) in [6, 6.07) is 4.74. The number of carbonyl (C=O) groups excluding carboxylic acids is 1. The van der Waals surface area contributed by atoms with Crippen LogP contribution in [-0.4, -0.2) is 26.8 Å². The van der Waals surface area contributed by atoms with Gasteiger partial charge in [0.2, 0.25) is 0 Å². The number of carboxylic acid groups (broad SMARTS) is 1. The summed E-state index contributed by atoms with van der Waals surface area (Å²) in [4.78, 5) is 22.5. The van der Waals surface area contributed by atoms with Gasteiger partial charge in [-0.2, -0.15) is 5.10 Å². The second-order valence-electron chi connectivity index (χ2n) is 4.22. The fourth-order valence-corrected chi connectivity index (χ4v) is 1.89. The lowest BCUT2D eigenvalue weighted by Crippen LogP contribution is -2.11. The van der Waals surface area contributed by atoms with Crippen molar-refractivity contribution in [2.24, 2.45) is 0 Å². The van der Waals surface area contributed by atoms with Crippen LogP contribution in [0, 0.1) is 0 Å². The number of halogens is 2. The van der Waals surface area contributed by atoms with E-state index >= 15 is 0 Å². The fraction of sp³-hybridized carbons (Fsp3) is 0.154. The molecule has 6 nitrogen and oxygen atoms in total. The number of hydrogen-bond acceptors (Lipinski definition) is 3. The lowest BCUT2D eigenvalue weighted by molar-refractivity contribution is -0.137. The Bertz CT molecular complexity index is 685. The van der Waals surface area contributed by atoms with Crippen LogP contribution in [0.3, 0.4) is 0 Å². The Morgan fingerprint density at radius 2 is 2.05 bits per heavy atom. The minimum absolute atomic E-state index is 0.0600. The van der Waals surface area contributed by atoms with Gasteiger partial charge < -0.3 is 10.4 Å². The predicted molar refractivity (Wildman–Crippen MR) is 78.9 cm³/mol. The molecule has 2 aromatic rings. The van der Waals surface area contributed by atoms with E-state index in [4.69, 9.17) is 28.3 Å². The molecule has 1 heterocycles. The quantitative estimate of drug-likeness (QED) is 0.884. The first-order valence-electron chi connectivity index (χ1n) is 5.96. The van der Waals surface area contributed by atoms with Gasteiger partial charge in [0, 0.05) is 11.9 Å². The summed E-state index contributed by atoms with van der Waals surface area (Å²) < 4.78 is 1.40. The highest BCUT2D eigenvalue weighted by atomic mass is 35.5. The van der Waals surface area contributed by atoms with Gasteiger partial charge in [-0.05, 0) is 18.2 Å². The van der Waals surface area contributed by atoms with E-state index in [1.165, 1.54) is 23.1 Å². The molecule has 2 N–H and O–H groups in total. The van der Waals surface area contributed by atoms with E-state index in [-0.39, 0.29) is 18.9 Å². The van der Waals surface area contributed by atoms with Gasteiger partial charge in [0.1, 0.15) is 0 Å². The molecular formula is C13H11Cl2N3O3. The van der Waals surface area contributed by atoms with E-state index in [1.807, 2.05) is 0 Å². The van der Waals surface area contributed by atoms with E-state index < -0.39 is 5.97 Å². The number of carboxylic acids is 1. The lowest BCUT2D eigenvalue weighted by atomic mass is 10.3. The Labute approximate surface area is 130 Å². The largest absolute Gasteiger partial charge is 0.481 e. The molecule has 0 saturated heterocycles. The predicted octanol–water partition coefficient (Wildman–Crippen LogP) is 2.92. The Kier molecular flexibility index (Phi) is 4.82. The molecule has 0 unspecified atom stereocenters. The standard InChI is InChI=1S/C13H11Cl2N3O3/c14-10-2-1-9(5-11(10)15)17-13(21)8-6-16-18(7-8)4-3-12(19)20/h1-2,5-7H,3-4H2,(H,17,21)(H,19,20). The molecule has 21 heavy (non-hydrogen) atoms. The molecule has 0 aliphatic rings. The summed E-state index contributed by atoms with van der Waals surface area (Å²) in [5.41, 5.74) is 0.833. The van der Waals surface area contributed by atoms with Gasteiger partial charge in [-0.1, -0.05) is 23.2 Å². The second kappa shape index (κ2) is 6.60. The molecule has 0 spiro atoms. The number of benzene rings is 1. The maximum absolute atomic E-state index is 12.0. The van der Waals surface area contributed by atoms with Crippen LogP contribution in [-0.2, 0) is 11.3 Å². The molecule has 1 aromatic heterocycles. The number of hydrogen-bond donors (Lipinski definition) is 2. The van der Waals surface area contributed by atoms with Crippen molar-refractivity contribution in [1.29, 1.82) is 0 Å². The summed E-state index contributed by atoms with van der Waals surface area (Å²) in [7, 11) is 0. The zero-order valence-electron chi connectivity index (χ0n) is 10.7. The molecule has 110 valence electrons.